The van der Waals surface area contributed by atoms with Gasteiger partial charge in [0.2, 0.25) is 0 Å². The molecule has 0 aromatic heterocycles. The van der Waals surface area contributed by atoms with Crippen LogP contribution in [0.1, 0.15) is 53.4 Å². The number of rotatable bonds is 1. The van der Waals surface area contributed by atoms with Gasteiger partial charge >= 0.3 is 0 Å². The molecule has 0 aromatic rings. The van der Waals surface area contributed by atoms with Gasteiger partial charge in [-0.2, -0.15) is 0 Å². The van der Waals surface area contributed by atoms with Gasteiger partial charge in [0.15, 0.2) is 0 Å². The zero-order valence-corrected chi connectivity index (χ0v) is 8.74. The lowest BCUT2D eigenvalue weighted by atomic mass is 9.63. The van der Waals surface area contributed by atoms with E-state index >= 15 is 0 Å². The second kappa shape index (κ2) is 2.86. The predicted octanol–water partition coefficient (Wildman–Crippen LogP) is 3.18. The van der Waals surface area contributed by atoms with Gasteiger partial charge < -0.3 is 0 Å². The third kappa shape index (κ3) is 2.09. The van der Waals surface area contributed by atoms with Crippen LogP contribution in [-0.2, 0) is 4.79 Å². The van der Waals surface area contributed by atoms with Crippen LogP contribution in [0.3, 0.4) is 0 Å². The monoisotopic (exact) mass is 168 g/mol. The minimum Gasteiger partial charge on any atom is -0.300 e. The summed E-state index contributed by atoms with van der Waals surface area (Å²) in [6.45, 7) is 8.84. The molecule has 1 heteroatoms. The van der Waals surface area contributed by atoms with Crippen LogP contribution < -0.4 is 0 Å². The second-order valence-corrected chi connectivity index (χ2v) is 5.40. The number of Topliss-reactive ketones (excluding diaryl/α,β-unsaturated/α-hetero) is 1. The van der Waals surface area contributed by atoms with Gasteiger partial charge in [-0.3, -0.25) is 4.79 Å². The molecule has 1 nitrogen and oxygen atoms in total. The molecule has 70 valence electrons. The second-order valence-electron chi connectivity index (χ2n) is 5.40. The summed E-state index contributed by atoms with van der Waals surface area (Å²) in [7, 11) is 0. The minimum atomic E-state index is 0.236. The zero-order valence-electron chi connectivity index (χ0n) is 8.74. The fraction of sp³-hybridized carbons (Fsp3) is 0.909. The molecule has 0 bridgehead atoms. The van der Waals surface area contributed by atoms with Gasteiger partial charge in [-0.25, -0.2) is 0 Å². The third-order valence-corrected chi connectivity index (χ3v) is 3.06. The third-order valence-electron chi connectivity index (χ3n) is 3.06. The van der Waals surface area contributed by atoms with E-state index in [9.17, 15) is 4.79 Å². The van der Waals surface area contributed by atoms with E-state index in [1.54, 1.807) is 0 Å². The lowest BCUT2D eigenvalue weighted by Crippen LogP contribution is -2.35. The van der Waals surface area contributed by atoms with Crippen molar-refractivity contribution in [1.29, 1.82) is 0 Å². The van der Waals surface area contributed by atoms with E-state index in [-0.39, 0.29) is 10.8 Å². The zero-order chi connectivity index (χ0) is 9.41. The normalized spacial score (nSPS) is 35.2. The van der Waals surface area contributed by atoms with Crippen LogP contribution in [0.5, 0.6) is 0 Å². The molecule has 0 N–H and O–H groups in total. The maximum Gasteiger partial charge on any atom is 0.133 e. The molecule has 0 amide bonds. The van der Waals surface area contributed by atoms with Gasteiger partial charge in [0.1, 0.15) is 5.78 Å². The molecule has 1 saturated carbocycles. The van der Waals surface area contributed by atoms with E-state index in [0.717, 1.165) is 19.3 Å². The van der Waals surface area contributed by atoms with E-state index in [1.807, 2.05) is 0 Å². The summed E-state index contributed by atoms with van der Waals surface area (Å²) in [6.07, 6.45) is 3.90. The van der Waals surface area contributed by atoms with E-state index in [1.165, 1.54) is 6.42 Å². The highest BCUT2D eigenvalue weighted by molar-refractivity contribution is 5.80. The van der Waals surface area contributed by atoms with Gasteiger partial charge in [0.05, 0.1) is 0 Å². The van der Waals surface area contributed by atoms with E-state index in [2.05, 4.69) is 27.7 Å². The van der Waals surface area contributed by atoms with Gasteiger partial charge in [0, 0.05) is 12.8 Å². The minimum absolute atomic E-state index is 0.236. The Labute approximate surface area is 75.5 Å². The Morgan fingerprint density at radius 2 is 1.83 bits per heavy atom. The van der Waals surface area contributed by atoms with Crippen molar-refractivity contribution in [2.24, 2.45) is 10.8 Å². The van der Waals surface area contributed by atoms with Crippen molar-refractivity contribution in [2.75, 3.05) is 0 Å². The molecule has 0 aliphatic heterocycles. The maximum atomic E-state index is 11.5. The quantitative estimate of drug-likeness (QED) is 0.587. The van der Waals surface area contributed by atoms with Gasteiger partial charge in [-0.15, -0.1) is 0 Å². The van der Waals surface area contributed by atoms with Crippen molar-refractivity contribution < 1.29 is 4.79 Å². The van der Waals surface area contributed by atoms with Crippen molar-refractivity contribution in [3.8, 4) is 0 Å². The average molecular weight is 168 g/mol. The van der Waals surface area contributed by atoms with Crippen LogP contribution in [0.15, 0.2) is 0 Å². The summed E-state index contributed by atoms with van der Waals surface area (Å²) >= 11 is 0. The molecule has 0 saturated heterocycles. The molecule has 1 rings (SSSR count). The SMILES string of the molecule is CC[C@]1(C)CC(=O)CC(C)(C)C1. The first kappa shape index (κ1) is 9.76. The molecule has 0 radical (unpaired) electrons. The lowest BCUT2D eigenvalue weighted by Gasteiger charge is -2.41. The summed E-state index contributed by atoms with van der Waals surface area (Å²) in [6, 6.07) is 0. The molecule has 0 aromatic carbocycles. The van der Waals surface area contributed by atoms with Gasteiger partial charge in [-0.05, 0) is 17.3 Å². The van der Waals surface area contributed by atoms with Gasteiger partial charge in [-0.1, -0.05) is 34.1 Å². The Kier molecular flexibility index (Phi) is 2.33. The standard InChI is InChI=1S/C11H20O/c1-5-11(4)7-9(12)6-10(2,3)8-11/h5-8H2,1-4H3/t11-/m1/s1. The van der Waals surface area contributed by atoms with Crippen LogP contribution >= 0.6 is 0 Å². The number of carbonyl (C=O) groups is 1. The first-order chi connectivity index (χ1) is 5.37. The maximum absolute atomic E-state index is 11.5. The van der Waals surface area contributed by atoms with E-state index < -0.39 is 0 Å². The first-order valence-electron chi connectivity index (χ1n) is 4.89. The van der Waals surface area contributed by atoms with Crippen LogP contribution in [0.25, 0.3) is 0 Å². The average Bonchev–Trinajstić information content (AvgIpc) is 1.82. The number of carbonyl (C=O) groups excluding carboxylic acids is 1. The molecule has 1 aliphatic rings. The highest BCUT2D eigenvalue weighted by Crippen LogP contribution is 2.45. The fourth-order valence-electron chi connectivity index (χ4n) is 2.60. The molecule has 1 aliphatic carbocycles. The summed E-state index contributed by atoms with van der Waals surface area (Å²) in [5, 5.41) is 0. The lowest BCUT2D eigenvalue weighted by molar-refractivity contribution is -0.127. The van der Waals surface area contributed by atoms with Crippen LogP contribution in [0.2, 0.25) is 0 Å². The van der Waals surface area contributed by atoms with Crippen LogP contribution in [0, 0.1) is 10.8 Å². The fourth-order valence-corrected chi connectivity index (χ4v) is 2.60. The Morgan fingerprint density at radius 1 is 1.25 bits per heavy atom. The molecule has 0 heterocycles. The van der Waals surface area contributed by atoms with Crippen molar-refractivity contribution in [1.82, 2.24) is 0 Å². The van der Waals surface area contributed by atoms with E-state index in [4.69, 9.17) is 0 Å². The molecule has 12 heavy (non-hydrogen) atoms. The molecule has 0 spiro atoms. The molecular weight excluding hydrogens is 148 g/mol. The Bertz CT molecular complexity index is 193. The highest BCUT2D eigenvalue weighted by Gasteiger charge is 2.39. The summed E-state index contributed by atoms with van der Waals surface area (Å²) < 4.78 is 0. The van der Waals surface area contributed by atoms with Crippen molar-refractivity contribution in [3.05, 3.63) is 0 Å². The molecular formula is C11H20O. The Hall–Kier alpha value is -0.330. The Balaban J connectivity index is 2.76. The van der Waals surface area contributed by atoms with Crippen molar-refractivity contribution >= 4 is 5.78 Å². The largest absolute Gasteiger partial charge is 0.300 e. The number of ketones is 1. The van der Waals surface area contributed by atoms with Crippen LogP contribution in [-0.4, -0.2) is 5.78 Å². The highest BCUT2D eigenvalue weighted by atomic mass is 16.1. The summed E-state index contributed by atoms with van der Waals surface area (Å²) in [4.78, 5) is 11.5. The predicted molar refractivity (Wildman–Crippen MR) is 51.0 cm³/mol. The smallest absolute Gasteiger partial charge is 0.133 e. The summed E-state index contributed by atoms with van der Waals surface area (Å²) in [5.41, 5.74) is 0.513. The molecule has 1 fully saturated rings. The van der Waals surface area contributed by atoms with Gasteiger partial charge in [0.25, 0.3) is 0 Å². The molecule has 0 unspecified atom stereocenters. The molecule has 1 atom stereocenters. The van der Waals surface area contributed by atoms with Crippen molar-refractivity contribution in [2.45, 2.75) is 53.4 Å². The Morgan fingerprint density at radius 3 is 2.25 bits per heavy atom. The van der Waals surface area contributed by atoms with E-state index in [0.29, 0.717) is 5.78 Å². The van der Waals surface area contributed by atoms with Crippen LogP contribution in [0.4, 0.5) is 0 Å². The van der Waals surface area contributed by atoms with Crippen molar-refractivity contribution in [3.63, 3.8) is 0 Å². The topological polar surface area (TPSA) is 17.1 Å². The summed E-state index contributed by atoms with van der Waals surface area (Å²) in [5.74, 6) is 0.454. The number of hydrogen-bond acceptors (Lipinski definition) is 1. The number of hydrogen-bond donors (Lipinski definition) is 0. The first-order valence-corrected chi connectivity index (χ1v) is 4.89.